The van der Waals surface area contributed by atoms with E-state index >= 15 is 0 Å². The van der Waals surface area contributed by atoms with Crippen LogP contribution in [-0.2, 0) is 13.0 Å². The first-order chi connectivity index (χ1) is 16.1. The van der Waals surface area contributed by atoms with Crippen LogP contribution >= 0.6 is 22.9 Å². The van der Waals surface area contributed by atoms with Crippen LogP contribution in [0.1, 0.15) is 31.2 Å². The first-order valence-electron chi connectivity index (χ1n) is 10.5. The molecule has 3 nitrogen and oxygen atoms in total. The molecule has 0 aliphatic rings. The molecule has 1 aromatic heterocycles. The van der Waals surface area contributed by atoms with Crippen molar-refractivity contribution in [1.29, 1.82) is 0 Å². The summed E-state index contributed by atoms with van der Waals surface area (Å²) in [5.41, 5.74) is 3.00. The maximum Gasteiger partial charge on any atom is 0.195 e. The van der Waals surface area contributed by atoms with Gasteiger partial charge in [-0.15, -0.1) is 11.3 Å². The van der Waals surface area contributed by atoms with Crippen LogP contribution in [0.2, 0.25) is 5.02 Å². The number of thiophene rings is 1. The Morgan fingerprint density at radius 1 is 0.939 bits per heavy atom. The van der Waals surface area contributed by atoms with Crippen LogP contribution in [0.15, 0.2) is 91.0 Å². The molecule has 0 aliphatic heterocycles. The predicted octanol–water partition coefficient (Wildman–Crippen LogP) is 7.48. The maximum atomic E-state index is 12.7. The molecule has 33 heavy (non-hydrogen) atoms. The van der Waals surface area contributed by atoms with Gasteiger partial charge in [-0.1, -0.05) is 66.2 Å². The van der Waals surface area contributed by atoms with Crippen molar-refractivity contribution in [2.45, 2.75) is 13.0 Å². The molecule has 0 spiro atoms. The standard InChI is InChI=1S/C28H23ClO3S/c1-31-26-15-12-21(17-22(26)19-32-27-10-6-5-9-24(27)29)11-14-25(30)28-16-13-23(33-28)18-20-7-3-2-4-8-20/h2-17H,18-19H2,1H3/b14-11+. The minimum Gasteiger partial charge on any atom is -0.496 e. The van der Waals surface area contributed by atoms with Gasteiger partial charge in [-0.3, -0.25) is 4.79 Å². The SMILES string of the molecule is COc1ccc(/C=C/C(=O)c2ccc(Cc3ccccc3)s2)cc1COc1ccccc1Cl. The molecule has 4 rings (SSSR count). The van der Waals surface area contributed by atoms with Crippen molar-refractivity contribution in [2.24, 2.45) is 0 Å². The Morgan fingerprint density at radius 2 is 1.73 bits per heavy atom. The van der Waals surface area contributed by atoms with Gasteiger partial charge in [0.05, 0.1) is 17.0 Å². The number of allylic oxidation sites excluding steroid dienone is 1. The summed E-state index contributed by atoms with van der Waals surface area (Å²) in [6.07, 6.45) is 4.26. The van der Waals surface area contributed by atoms with E-state index in [4.69, 9.17) is 21.1 Å². The van der Waals surface area contributed by atoms with E-state index in [9.17, 15) is 4.79 Å². The van der Waals surface area contributed by atoms with Crippen LogP contribution in [0.4, 0.5) is 0 Å². The Bertz CT molecular complexity index is 1260. The highest BCUT2D eigenvalue weighted by Crippen LogP contribution is 2.27. The van der Waals surface area contributed by atoms with Crippen molar-refractivity contribution < 1.29 is 14.3 Å². The number of methoxy groups -OCH3 is 1. The van der Waals surface area contributed by atoms with Crippen molar-refractivity contribution >= 4 is 34.8 Å². The molecule has 3 aromatic carbocycles. The summed E-state index contributed by atoms with van der Waals surface area (Å²) in [6, 6.07) is 27.3. The fourth-order valence-electron chi connectivity index (χ4n) is 3.39. The molecule has 4 aromatic rings. The second-order valence-electron chi connectivity index (χ2n) is 7.42. The second-order valence-corrected chi connectivity index (χ2v) is 8.99. The number of carbonyl (C=O) groups excluding carboxylic acids is 1. The van der Waals surface area contributed by atoms with Crippen LogP contribution in [0.5, 0.6) is 11.5 Å². The van der Waals surface area contributed by atoms with Gasteiger partial charge in [0.15, 0.2) is 5.78 Å². The fraction of sp³-hybridized carbons (Fsp3) is 0.107. The minimum atomic E-state index is -0.0102. The molecule has 0 saturated carbocycles. The predicted molar refractivity (Wildman–Crippen MR) is 136 cm³/mol. The molecule has 166 valence electrons. The summed E-state index contributed by atoms with van der Waals surface area (Å²) in [5.74, 6) is 1.32. The summed E-state index contributed by atoms with van der Waals surface area (Å²) in [5, 5.41) is 0.556. The molecule has 0 bridgehead atoms. The lowest BCUT2D eigenvalue weighted by atomic mass is 10.1. The van der Waals surface area contributed by atoms with Gasteiger partial charge in [-0.2, -0.15) is 0 Å². The Labute approximate surface area is 202 Å². The quantitative estimate of drug-likeness (QED) is 0.186. The largest absolute Gasteiger partial charge is 0.496 e. The van der Waals surface area contributed by atoms with Crippen LogP contribution < -0.4 is 9.47 Å². The summed E-state index contributed by atoms with van der Waals surface area (Å²) in [6.45, 7) is 0.302. The lowest BCUT2D eigenvalue weighted by molar-refractivity contribution is 0.105. The molecule has 0 N–H and O–H groups in total. The third kappa shape index (κ3) is 6.13. The highest BCUT2D eigenvalue weighted by molar-refractivity contribution is 7.14. The maximum absolute atomic E-state index is 12.7. The van der Waals surface area contributed by atoms with Crippen molar-refractivity contribution in [3.8, 4) is 11.5 Å². The fourth-order valence-corrected chi connectivity index (χ4v) is 4.54. The number of rotatable bonds is 9. The number of para-hydroxylation sites is 1. The van der Waals surface area contributed by atoms with Crippen molar-refractivity contribution in [2.75, 3.05) is 7.11 Å². The Hall–Kier alpha value is -3.34. The van der Waals surface area contributed by atoms with Gasteiger partial charge >= 0.3 is 0 Å². The van der Waals surface area contributed by atoms with Crippen LogP contribution in [-0.4, -0.2) is 12.9 Å². The zero-order valence-corrected chi connectivity index (χ0v) is 19.7. The molecule has 0 aliphatic carbocycles. The summed E-state index contributed by atoms with van der Waals surface area (Å²) in [4.78, 5) is 14.6. The number of carbonyl (C=O) groups is 1. The number of benzene rings is 3. The van der Waals surface area contributed by atoms with E-state index < -0.39 is 0 Å². The first kappa shape index (κ1) is 22.8. The number of hydrogen-bond donors (Lipinski definition) is 0. The molecule has 0 amide bonds. The lowest BCUT2D eigenvalue weighted by Crippen LogP contribution is -1.99. The van der Waals surface area contributed by atoms with Crippen molar-refractivity contribution in [3.05, 3.63) is 122 Å². The average Bonchev–Trinajstić information content (AvgIpc) is 3.31. The Morgan fingerprint density at radius 3 is 2.52 bits per heavy atom. The van der Waals surface area contributed by atoms with E-state index in [1.165, 1.54) is 21.8 Å². The van der Waals surface area contributed by atoms with E-state index in [2.05, 4.69) is 12.1 Å². The van der Waals surface area contributed by atoms with E-state index in [0.29, 0.717) is 23.1 Å². The van der Waals surface area contributed by atoms with Gasteiger partial charge in [0, 0.05) is 16.9 Å². The minimum absolute atomic E-state index is 0.0102. The zero-order valence-electron chi connectivity index (χ0n) is 18.2. The smallest absolute Gasteiger partial charge is 0.195 e. The Kier molecular flexibility index (Phi) is 7.61. The first-order valence-corrected chi connectivity index (χ1v) is 11.7. The van der Waals surface area contributed by atoms with Gasteiger partial charge in [0.25, 0.3) is 0 Å². The van der Waals surface area contributed by atoms with Gasteiger partial charge < -0.3 is 9.47 Å². The summed E-state index contributed by atoms with van der Waals surface area (Å²) < 4.78 is 11.3. The van der Waals surface area contributed by atoms with Gasteiger partial charge in [-0.25, -0.2) is 0 Å². The summed E-state index contributed by atoms with van der Waals surface area (Å²) >= 11 is 7.72. The number of ketones is 1. The highest BCUT2D eigenvalue weighted by Gasteiger charge is 2.09. The molecule has 0 saturated heterocycles. The summed E-state index contributed by atoms with van der Waals surface area (Å²) in [7, 11) is 1.62. The third-order valence-electron chi connectivity index (χ3n) is 5.08. The lowest BCUT2D eigenvalue weighted by Gasteiger charge is -2.12. The van der Waals surface area contributed by atoms with Crippen LogP contribution in [0.25, 0.3) is 6.08 Å². The molecule has 5 heteroatoms. The molecule has 0 fully saturated rings. The van der Waals surface area contributed by atoms with Gasteiger partial charge in [0.2, 0.25) is 0 Å². The topological polar surface area (TPSA) is 35.5 Å². The van der Waals surface area contributed by atoms with E-state index in [0.717, 1.165) is 22.4 Å². The normalized spacial score (nSPS) is 11.0. The molecular weight excluding hydrogens is 452 g/mol. The van der Waals surface area contributed by atoms with E-state index in [-0.39, 0.29) is 5.78 Å². The zero-order chi connectivity index (χ0) is 23.0. The molecule has 0 unspecified atom stereocenters. The number of halogens is 1. The number of ether oxygens (including phenoxy) is 2. The molecule has 0 radical (unpaired) electrons. The van der Waals surface area contributed by atoms with Crippen molar-refractivity contribution in [3.63, 3.8) is 0 Å². The van der Waals surface area contributed by atoms with E-state index in [1.807, 2.05) is 72.8 Å². The van der Waals surface area contributed by atoms with Crippen molar-refractivity contribution in [1.82, 2.24) is 0 Å². The van der Waals surface area contributed by atoms with Crippen LogP contribution in [0, 0.1) is 0 Å². The molecular formula is C28H23ClO3S. The molecule has 1 heterocycles. The monoisotopic (exact) mass is 474 g/mol. The Balaban J connectivity index is 1.44. The average molecular weight is 475 g/mol. The van der Waals surface area contributed by atoms with Crippen LogP contribution in [0.3, 0.4) is 0 Å². The van der Waals surface area contributed by atoms with E-state index in [1.54, 1.807) is 19.3 Å². The molecule has 0 atom stereocenters. The second kappa shape index (κ2) is 11.0. The van der Waals surface area contributed by atoms with Gasteiger partial charge in [-0.05, 0) is 53.6 Å². The third-order valence-corrected chi connectivity index (χ3v) is 6.49. The number of hydrogen-bond acceptors (Lipinski definition) is 4. The van der Waals surface area contributed by atoms with Gasteiger partial charge in [0.1, 0.15) is 18.1 Å². The highest BCUT2D eigenvalue weighted by atomic mass is 35.5.